The van der Waals surface area contributed by atoms with E-state index in [0.717, 1.165) is 70.5 Å². The molecule has 0 radical (unpaired) electrons. The number of hydrogen-bond acceptors (Lipinski definition) is 5. The zero-order chi connectivity index (χ0) is 37.9. The van der Waals surface area contributed by atoms with Crippen LogP contribution in [0.2, 0.25) is 0 Å². The van der Waals surface area contributed by atoms with Crippen molar-refractivity contribution in [2.24, 2.45) is 23.7 Å². The smallest absolute Gasteiger partial charge is 0.124 e. The van der Waals surface area contributed by atoms with Crippen LogP contribution in [-0.2, 0) is 6.54 Å². The Bertz CT molecular complexity index is 2260. The van der Waals surface area contributed by atoms with E-state index in [2.05, 4.69) is 190 Å². The molecule has 0 unspecified atom stereocenters. The molecule has 0 fully saturated rings. The Labute approximate surface area is 320 Å². The number of anilines is 4. The molecule has 0 aliphatic rings. The minimum Gasteiger partial charge on any atom is -0.341 e. The quantitative estimate of drug-likeness (QED) is 0.110. The lowest BCUT2D eigenvalue weighted by molar-refractivity contribution is 0.442. The number of aromatic nitrogens is 5. The first-order valence-electron chi connectivity index (χ1n) is 19.7. The molecule has 0 saturated heterocycles. The Hall–Kier alpha value is -5.50. The van der Waals surface area contributed by atoms with Gasteiger partial charge in [-0.15, -0.1) is 0 Å². The average molecular weight is 721 g/mol. The van der Waals surface area contributed by atoms with E-state index in [1.54, 1.807) is 0 Å². The van der Waals surface area contributed by atoms with Gasteiger partial charge in [-0.1, -0.05) is 116 Å². The van der Waals surface area contributed by atoms with E-state index in [4.69, 9.17) is 10.2 Å². The molecular weight excluding hydrogens is 665 g/mol. The molecule has 0 amide bonds. The van der Waals surface area contributed by atoms with Gasteiger partial charge in [0.1, 0.15) is 16.6 Å². The Kier molecular flexibility index (Phi) is 10.8. The second kappa shape index (κ2) is 15.8. The third-order valence-corrected chi connectivity index (χ3v) is 9.65. The molecule has 8 heteroatoms. The zero-order valence-corrected chi connectivity index (χ0v) is 33.2. The van der Waals surface area contributed by atoms with Crippen molar-refractivity contribution in [2.75, 3.05) is 34.9 Å². The van der Waals surface area contributed by atoms with E-state index in [0.29, 0.717) is 23.7 Å². The molecule has 0 aliphatic carbocycles. The number of para-hydroxylation sites is 2. The van der Waals surface area contributed by atoms with Gasteiger partial charge in [0.15, 0.2) is 0 Å². The maximum Gasteiger partial charge on any atom is 0.124 e. The van der Waals surface area contributed by atoms with Crippen molar-refractivity contribution in [3.05, 3.63) is 109 Å². The van der Waals surface area contributed by atoms with E-state index < -0.39 is 0 Å². The third-order valence-electron chi connectivity index (χ3n) is 9.65. The Morgan fingerprint density at radius 1 is 0.537 bits per heavy atom. The highest BCUT2D eigenvalue weighted by Gasteiger charge is 2.27. The minimum atomic E-state index is 0.401. The summed E-state index contributed by atoms with van der Waals surface area (Å²) >= 11 is 0. The predicted molar refractivity (Wildman–Crippen MR) is 229 cm³/mol. The normalized spacial score (nSPS) is 11.9. The number of nitrogens with zero attached hydrogens (tertiary/aromatic N) is 6. The molecule has 280 valence electrons. The van der Waals surface area contributed by atoms with Gasteiger partial charge >= 0.3 is 0 Å². The second-order valence-electron chi connectivity index (χ2n) is 16.3. The zero-order valence-electron chi connectivity index (χ0n) is 33.2. The fraction of sp³-hybridized carbons (Fsp3) is 0.348. The molecule has 5 aromatic carbocycles. The van der Waals surface area contributed by atoms with Gasteiger partial charge < -0.3 is 15.2 Å². The SMILES string of the molecule is CC(C)CNn1[nH]c2c(-c3ccc(N(CC(C)C)c4ccccc4)cc3)c3nn(CC(C)C)nc3c(-c3ccc(N(CC(C)C)c4ccccc4)cc3)c21. The first-order valence-corrected chi connectivity index (χ1v) is 19.7. The summed E-state index contributed by atoms with van der Waals surface area (Å²) in [6.07, 6.45) is 0. The van der Waals surface area contributed by atoms with Crippen molar-refractivity contribution in [1.82, 2.24) is 24.9 Å². The van der Waals surface area contributed by atoms with E-state index >= 15 is 0 Å². The van der Waals surface area contributed by atoms with Crippen LogP contribution in [0.3, 0.4) is 0 Å². The maximum absolute atomic E-state index is 5.25. The first-order chi connectivity index (χ1) is 26.1. The molecule has 54 heavy (non-hydrogen) atoms. The molecule has 0 aliphatic heterocycles. The van der Waals surface area contributed by atoms with E-state index in [1.165, 1.54) is 22.7 Å². The standard InChI is InChI=1S/C46H56N8/c1-31(2)27-47-54-46-42(36-21-25-40(26-22-36)52(29-33(5)6)38-17-13-10-14-18-38)44-43(48-53(49-44)30-34(7)8)41(45(46)50-54)35-19-23-39(24-20-35)51(28-32(3)4)37-15-11-9-12-16-37/h9-26,31-34,47,50H,27-30H2,1-8H3. The minimum absolute atomic E-state index is 0.401. The van der Waals surface area contributed by atoms with Crippen LogP contribution in [0.25, 0.3) is 44.3 Å². The van der Waals surface area contributed by atoms with Crippen LogP contribution in [0.15, 0.2) is 109 Å². The fourth-order valence-electron chi connectivity index (χ4n) is 7.24. The van der Waals surface area contributed by atoms with Crippen LogP contribution in [0.5, 0.6) is 0 Å². The van der Waals surface area contributed by atoms with Gasteiger partial charge in [0.05, 0.1) is 12.1 Å². The molecule has 2 aromatic heterocycles. The highest BCUT2D eigenvalue weighted by Crippen LogP contribution is 2.44. The molecular formula is C46H56N8. The van der Waals surface area contributed by atoms with Gasteiger partial charge in [-0.3, -0.25) is 5.10 Å². The van der Waals surface area contributed by atoms with Gasteiger partial charge in [-0.25, -0.2) is 0 Å². The average Bonchev–Trinajstić information content (AvgIpc) is 3.56. The summed E-state index contributed by atoms with van der Waals surface area (Å²) in [4.78, 5) is 8.80. The lowest BCUT2D eigenvalue weighted by atomic mass is 9.94. The highest BCUT2D eigenvalue weighted by atomic mass is 15.6. The number of rotatable bonds is 15. The van der Waals surface area contributed by atoms with E-state index in [-0.39, 0.29) is 0 Å². The molecule has 7 rings (SSSR count). The topological polar surface area (TPSA) is 69.9 Å². The number of fused-ring (bicyclic) bond motifs is 2. The van der Waals surface area contributed by atoms with Gasteiger partial charge in [-0.05, 0) is 83.3 Å². The second-order valence-corrected chi connectivity index (χ2v) is 16.3. The van der Waals surface area contributed by atoms with Crippen molar-refractivity contribution >= 4 is 44.8 Å². The fourth-order valence-corrected chi connectivity index (χ4v) is 7.24. The summed E-state index contributed by atoms with van der Waals surface area (Å²) in [5, 5.41) is 14.2. The summed E-state index contributed by atoms with van der Waals surface area (Å²) in [5.74, 6) is 1.89. The van der Waals surface area contributed by atoms with Crippen molar-refractivity contribution < 1.29 is 0 Å². The number of nitrogens with one attached hydrogen (secondary N) is 2. The van der Waals surface area contributed by atoms with E-state index in [1.807, 2.05) is 4.80 Å². The Morgan fingerprint density at radius 2 is 0.981 bits per heavy atom. The molecule has 0 saturated carbocycles. The highest BCUT2D eigenvalue weighted by molar-refractivity contribution is 6.17. The number of H-pyrrole nitrogens is 1. The maximum atomic E-state index is 5.25. The van der Waals surface area contributed by atoms with Gasteiger partial charge in [-0.2, -0.15) is 19.8 Å². The number of hydrogen-bond donors (Lipinski definition) is 2. The van der Waals surface area contributed by atoms with Crippen LogP contribution in [0.4, 0.5) is 22.7 Å². The molecule has 0 atom stereocenters. The summed E-state index contributed by atoms with van der Waals surface area (Å²) in [6, 6.07) is 39.3. The molecule has 2 heterocycles. The Balaban J connectivity index is 1.38. The number of benzene rings is 5. The van der Waals surface area contributed by atoms with Gasteiger partial charge in [0.2, 0.25) is 0 Å². The van der Waals surface area contributed by atoms with Crippen LogP contribution in [0, 0.1) is 23.7 Å². The summed E-state index contributed by atoms with van der Waals surface area (Å²) < 4.78 is 0. The van der Waals surface area contributed by atoms with E-state index in [9.17, 15) is 0 Å². The molecule has 8 nitrogen and oxygen atoms in total. The van der Waals surface area contributed by atoms with Crippen molar-refractivity contribution in [3.8, 4) is 22.3 Å². The lowest BCUT2D eigenvalue weighted by Gasteiger charge is -2.28. The van der Waals surface area contributed by atoms with Gasteiger partial charge in [0.25, 0.3) is 0 Å². The Morgan fingerprint density at radius 3 is 1.43 bits per heavy atom. The van der Waals surface area contributed by atoms with Crippen LogP contribution >= 0.6 is 0 Å². The largest absolute Gasteiger partial charge is 0.341 e. The molecule has 7 aromatic rings. The predicted octanol–water partition coefficient (Wildman–Crippen LogP) is 11.5. The van der Waals surface area contributed by atoms with Gasteiger partial charge in [0, 0.05) is 53.5 Å². The van der Waals surface area contributed by atoms with Crippen molar-refractivity contribution in [3.63, 3.8) is 0 Å². The first kappa shape index (κ1) is 36.8. The summed E-state index contributed by atoms with van der Waals surface area (Å²) in [7, 11) is 0. The molecule has 0 bridgehead atoms. The van der Waals surface area contributed by atoms with Crippen LogP contribution < -0.4 is 15.2 Å². The third kappa shape index (κ3) is 7.74. The molecule has 2 N–H and O–H groups in total. The van der Waals surface area contributed by atoms with Crippen LogP contribution in [-0.4, -0.2) is 44.5 Å². The summed E-state index contributed by atoms with van der Waals surface area (Å²) in [5.41, 5.74) is 16.7. The number of aromatic amines is 1. The van der Waals surface area contributed by atoms with Crippen LogP contribution in [0.1, 0.15) is 55.4 Å². The van der Waals surface area contributed by atoms with Crippen molar-refractivity contribution in [1.29, 1.82) is 0 Å². The molecule has 0 spiro atoms. The monoisotopic (exact) mass is 720 g/mol. The van der Waals surface area contributed by atoms with Crippen molar-refractivity contribution in [2.45, 2.75) is 61.9 Å². The summed E-state index contributed by atoms with van der Waals surface area (Å²) in [6.45, 7) is 21.4. The lowest BCUT2D eigenvalue weighted by Crippen LogP contribution is -2.26.